The molecule has 3 heterocycles. The number of hydrazine groups is 1. The van der Waals surface area contributed by atoms with Crippen LogP contribution in [0.4, 0.5) is 29.3 Å². The molecule has 0 atom stereocenters. The predicted molar refractivity (Wildman–Crippen MR) is 148 cm³/mol. The standard InChI is InChI=1S/C26H24F3N9O7/c1-13-6-5-7-30-22(13)37-18(9-15(32-37)11-36-12-19(38(43)44)21(33-36)26(27,28)29)24(41)31-20-14(2)8-16(39)10-17(20)23(40)34-35(3)25(42)45-4/h5-10,12,39H,11H2,1-4H3,(H,31,41)(H,34,40). The van der Waals surface area contributed by atoms with Gasteiger partial charge in [0, 0.05) is 13.2 Å². The fourth-order valence-electron chi connectivity index (χ4n) is 4.21. The third-order valence-electron chi connectivity index (χ3n) is 6.23. The summed E-state index contributed by atoms with van der Waals surface area (Å²) in [4.78, 5) is 52.7. The Labute approximate surface area is 251 Å². The van der Waals surface area contributed by atoms with Gasteiger partial charge in [0.1, 0.15) is 17.6 Å². The second-order valence-electron chi connectivity index (χ2n) is 9.50. The number of hydrogen-bond donors (Lipinski definition) is 3. The van der Waals surface area contributed by atoms with E-state index in [1.54, 1.807) is 19.1 Å². The summed E-state index contributed by atoms with van der Waals surface area (Å²) in [6.45, 7) is 2.66. The third-order valence-corrected chi connectivity index (χ3v) is 6.23. The normalized spacial score (nSPS) is 11.2. The van der Waals surface area contributed by atoms with Gasteiger partial charge in [0.15, 0.2) is 5.82 Å². The van der Waals surface area contributed by atoms with Crippen LogP contribution in [0.2, 0.25) is 0 Å². The molecule has 4 rings (SSSR count). The molecule has 1 aromatic carbocycles. The molecular weight excluding hydrogens is 607 g/mol. The number of hydrogen-bond acceptors (Lipinski definition) is 10. The molecule has 3 N–H and O–H groups in total. The van der Waals surface area contributed by atoms with Crippen LogP contribution in [0.15, 0.2) is 42.7 Å². The van der Waals surface area contributed by atoms with Crippen molar-refractivity contribution < 1.29 is 42.3 Å². The number of aromatic hydroxyl groups is 1. The number of aromatic nitrogens is 5. The number of carbonyl (C=O) groups is 3. The monoisotopic (exact) mass is 631 g/mol. The van der Waals surface area contributed by atoms with Gasteiger partial charge in [-0.1, -0.05) is 6.07 Å². The quantitative estimate of drug-likeness (QED) is 0.154. The number of phenols is 1. The number of ether oxygens (including phenoxy) is 1. The number of nitrogens with one attached hydrogen (secondary N) is 2. The van der Waals surface area contributed by atoms with E-state index in [2.05, 4.69) is 30.7 Å². The van der Waals surface area contributed by atoms with Crippen molar-refractivity contribution in [1.29, 1.82) is 0 Å². The number of methoxy groups -OCH3 is 1. The van der Waals surface area contributed by atoms with E-state index in [0.29, 0.717) is 16.4 Å². The lowest BCUT2D eigenvalue weighted by Gasteiger charge is -2.19. The zero-order valence-corrected chi connectivity index (χ0v) is 23.9. The zero-order chi connectivity index (χ0) is 33.2. The van der Waals surface area contributed by atoms with Crippen LogP contribution >= 0.6 is 0 Å². The maximum atomic E-state index is 13.7. The van der Waals surface area contributed by atoms with Crippen molar-refractivity contribution in [3.63, 3.8) is 0 Å². The molecule has 236 valence electrons. The molecule has 45 heavy (non-hydrogen) atoms. The molecule has 0 bridgehead atoms. The Morgan fingerprint density at radius 2 is 1.84 bits per heavy atom. The Balaban J connectivity index is 1.75. The predicted octanol–water partition coefficient (Wildman–Crippen LogP) is 3.36. The summed E-state index contributed by atoms with van der Waals surface area (Å²) in [5.41, 5.74) is -0.396. The highest BCUT2D eigenvalue weighted by Gasteiger charge is 2.42. The summed E-state index contributed by atoms with van der Waals surface area (Å²) < 4.78 is 46.4. The molecule has 16 nitrogen and oxygen atoms in total. The number of carbonyl (C=O) groups excluding carboxylic acids is 3. The number of anilines is 1. The highest BCUT2D eigenvalue weighted by Crippen LogP contribution is 2.35. The second-order valence-corrected chi connectivity index (χ2v) is 9.50. The van der Waals surface area contributed by atoms with Gasteiger partial charge in [-0.2, -0.15) is 23.4 Å². The number of alkyl halides is 3. The molecule has 4 aromatic rings. The molecule has 0 fully saturated rings. The number of pyridine rings is 1. The van der Waals surface area contributed by atoms with Gasteiger partial charge in [-0.25, -0.2) is 19.5 Å². The number of amides is 3. The Kier molecular flexibility index (Phi) is 8.73. The number of nitro groups is 1. The first-order valence-electron chi connectivity index (χ1n) is 12.7. The maximum Gasteiger partial charge on any atom is 0.442 e. The highest BCUT2D eigenvalue weighted by atomic mass is 19.4. The average molecular weight is 632 g/mol. The van der Waals surface area contributed by atoms with Crippen LogP contribution in [-0.2, 0) is 17.5 Å². The molecular formula is C26H24F3N9O7. The number of rotatable bonds is 7. The van der Waals surface area contributed by atoms with Crippen LogP contribution in [0.3, 0.4) is 0 Å². The Hall–Kier alpha value is -6.01. The van der Waals surface area contributed by atoms with Crippen LogP contribution in [0, 0.1) is 24.0 Å². The number of halogens is 3. The van der Waals surface area contributed by atoms with Crippen LogP contribution in [0.5, 0.6) is 5.75 Å². The van der Waals surface area contributed by atoms with Gasteiger partial charge in [0.05, 0.1) is 35.5 Å². The molecule has 0 aliphatic heterocycles. The minimum atomic E-state index is -5.10. The molecule has 3 aromatic heterocycles. The molecule has 0 saturated carbocycles. The molecule has 3 amide bonds. The van der Waals surface area contributed by atoms with Crippen molar-refractivity contribution in [2.45, 2.75) is 26.6 Å². The number of nitrogens with zero attached hydrogens (tertiary/aromatic N) is 7. The van der Waals surface area contributed by atoms with E-state index < -0.39 is 46.9 Å². The Morgan fingerprint density at radius 1 is 1.13 bits per heavy atom. The third kappa shape index (κ3) is 6.81. The van der Waals surface area contributed by atoms with Gasteiger partial charge in [-0.05, 0) is 49.2 Å². The van der Waals surface area contributed by atoms with Gasteiger partial charge < -0.3 is 15.2 Å². The van der Waals surface area contributed by atoms with Crippen molar-refractivity contribution in [1.82, 2.24) is 35.0 Å². The zero-order valence-electron chi connectivity index (χ0n) is 23.9. The molecule has 0 radical (unpaired) electrons. The van der Waals surface area contributed by atoms with Crippen molar-refractivity contribution >= 4 is 29.3 Å². The van der Waals surface area contributed by atoms with Crippen LogP contribution < -0.4 is 10.7 Å². The van der Waals surface area contributed by atoms with E-state index >= 15 is 0 Å². The Bertz CT molecular complexity index is 1820. The Morgan fingerprint density at radius 3 is 2.44 bits per heavy atom. The summed E-state index contributed by atoms with van der Waals surface area (Å²) in [6, 6.07) is 6.83. The van der Waals surface area contributed by atoms with Crippen LogP contribution in [-0.4, -0.2) is 71.6 Å². The smallest absolute Gasteiger partial charge is 0.442 e. The maximum absolute atomic E-state index is 13.7. The molecule has 0 aliphatic rings. The molecule has 0 unspecified atom stereocenters. The lowest BCUT2D eigenvalue weighted by Crippen LogP contribution is -2.43. The van der Waals surface area contributed by atoms with Crippen molar-refractivity contribution in [2.75, 3.05) is 19.5 Å². The fraction of sp³-hybridized carbons (Fsp3) is 0.231. The first kappa shape index (κ1) is 31.9. The first-order chi connectivity index (χ1) is 21.1. The minimum absolute atomic E-state index is 0.0172. The van der Waals surface area contributed by atoms with Gasteiger partial charge >= 0.3 is 18.0 Å². The van der Waals surface area contributed by atoms with Crippen molar-refractivity contribution in [3.8, 4) is 11.6 Å². The van der Waals surface area contributed by atoms with Crippen molar-refractivity contribution in [3.05, 3.63) is 86.6 Å². The average Bonchev–Trinajstić information content (AvgIpc) is 3.59. The van der Waals surface area contributed by atoms with E-state index in [4.69, 9.17) is 0 Å². The van der Waals surface area contributed by atoms with Crippen LogP contribution in [0.1, 0.15) is 43.4 Å². The van der Waals surface area contributed by atoms with Gasteiger partial charge in [-0.15, -0.1) is 0 Å². The second kappa shape index (κ2) is 12.3. The molecule has 19 heteroatoms. The lowest BCUT2D eigenvalue weighted by atomic mass is 10.1. The van der Waals surface area contributed by atoms with Gasteiger partial charge in [0.2, 0.25) is 5.69 Å². The van der Waals surface area contributed by atoms with E-state index in [0.717, 1.165) is 22.9 Å². The first-order valence-corrected chi connectivity index (χ1v) is 12.7. The lowest BCUT2D eigenvalue weighted by molar-refractivity contribution is -0.388. The number of benzene rings is 1. The molecule has 0 spiro atoms. The van der Waals surface area contributed by atoms with Gasteiger partial charge in [0.25, 0.3) is 11.8 Å². The SMILES string of the molecule is COC(=O)N(C)NC(=O)c1cc(O)cc(C)c1NC(=O)c1cc(Cn2cc([N+](=O)[O-])c(C(F)(F)F)n2)nn1-c1ncccc1C. The summed E-state index contributed by atoms with van der Waals surface area (Å²) in [5, 5.41) is 32.3. The van der Waals surface area contributed by atoms with E-state index in [1.807, 2.05) is 0 Å². The molecule has 0 aliphatic carbocycles. The molecule has 0 saturated heterocycles. The van der Waals surface area contributed by atoms with Gasteiger partial charge in [-0.3, -0.25) is 29.8 Å². The summed E-state index contributed by atoms with van der Waals surface area (Å²) in [7, 11) is 2.30. The minimum Gasteiger partial charge on any atom is -0.508 e. The van der Waals surface area contributed by atoms with Crippen LogP contribution in [0.25, 0.3) is 5.82 Å². The fourth-order valence-corrected chi connectivity index (χ4v) is 4.21. The van der Waals surface area contributed by atoms with Crippen molar-refractivity contribution in [2.24, 2.45) is 0 Å². The number of aryl methyl sites for hydroxylation is 2. The topological polar surface area (TPSA) is 200 Å². The largest absolute Gasteiger partial charge is 0.508 e. The van der Waals surface area contributed by atoms with E-state index in [1.165, 1.54) is 32.3 Å². The van der Waals surface area contributed by atoms with E-state index in [-0.39, 0.29) is 39.8 Å². The van der Waals surface area contributed by atoms with E-state index in [9.17, 15) is 42.8 Å². The summed E-state index contributed by atoms with van der Waals surface area (Å²) in [5.74, 6) is -1.89. The number of phenolic OH excluding ortho intramolecular Hbond substituents is 1. The highest BCUT2D eigenvalue weighted by molar-refractivity contribution is 6.09. The summed E-state index contributed by atoms with van der Waals surface area (Å²) in [6.07, 6.45) is -3.98. The summed E-state index contributed by atoms with van der Waals surface area (Å²) >= 11 is 0.